The van der Waals surface area contributed by atoms with Gasteiger partial charge in [-0.25, -0.2) is 8.42 Å². The van der Waals surface area contributed by atoms with Crippen molar-refractivity contribution in [2.75, 3.05) is 31.6 Å². The minimum absolute atomic E-state index is 0. The molecule has 0 saturated carbocycles. The quantitative estimate of drug-likeness (QED) is 0.560. The van der Waals surface area contributed by atoms with Gasteiger partial charge in [-0.05, 0) is 37.0 Å². The third-order valence-corrected chi connectivity index (χ3v) is 7.88. The van der Waals surface area contributed by atoms with Crippen LogP contribution in [0.1, 0.15) is 25.1 Å². The van der Waals surface area contributed by atoms with Gasteiger partial charge >= 0.3 is 0 Å². The second-order valence-electron chi connectivity index (χ2n) is 5.24. The highest BCUT2D eigenvalue weighted by molar-refractivity contribution is 7.98. The van der Waals surface area contributed by atoms with E-state index in [4.69, 9.17) is 5.73 Å². The first-order valence-electron chi connectivity index (χ1n) is 7.97. The molecular weight excluding hydrogens is 402 g/mol. The van der Waals surface area contributed by atoms with Crippen molar-refractivity contribution in [3.63, 3.8) is 0 Å². The predicted octanol–water partition coefficient (Wildman–Crippen LogP) is 1.94. The van der Waals surface area contributed by atoms with E-state index >= 15 is 0 Å². The second kappa shape index (κ2) is 12.1. The number of nitrogens with one attached hydrogen (secondary N) is 1. The summed E-state index contributed by atoms with van der Waals surface area (Å²) < 4.78 is 26.6. The lowest BCUT2D eigenvalue weighted by Crippen LogP contribution is -2.41. The van der Waals surface area contributed by atoms with Crippen molar-refractivity contribution in [2.24, 2.45) is 5.73 Å². The SMILES string of the molecule is CCN(CC)S(=O)(=O)c1ccc(CCNC(=O)[C@@H](N)CCSC)s1.Cl. The number of carbonyl (C=O) groups is 1. The smallest absolute Gasteiger partial charge is 0.252 e. The number of hydrogen-bond acceptors (Lipinski definition) is 6. The summed E-state index contributed by atoms with van der Waals surface area (Å²) in [7, 11) is -3.40. The Labute approximate surface area is 165 Å². The average molecular weight is 430 g/mol. The lowest BCUT2D eigenvalue weighted by molar-refractivity contribution is -0.122. The topological polar surface area (TPSA) is 92.5 Å². The molecule has 3 N–H and O–H groups in total. The molecule has 6 nitrogen and oxygen atoms in total. The van der Waals surface area contributed by atoms with Gasteiger partial charge in [-0.3, -0.25) is 4.79 Å². The number of amides is 1. The minimum Gasteiger partial charge on any atom is -0.354 e. The second-order valence-corrected chi connectivity index (χ2v) is 9.56. The van der Waals surface area contributed by atoms with E-state index < -0.39 is 16.1 Å². The normalized spacial score (nSPS) is 12.7. The Hall–Kier alpha value is -0.320. The van der Waals surface area contributed by atoms with Gasteiger partial charge in [0, 0.05) is 24.5 Å². The molecule has 146 valence electrons. The van der Waals surface area contributed by atoms with Gasteiger partial charge in [0.15, 0.2) is 0 Å². The molecule has 0 bridgehead atoms. The van der Waals surface area contributed by atoms with Crippen molar-refractivity contribution in [1.29, 1.82) is 0 Å². The summed E-state index contributed by atoms with van der Waals surface area (Å²) in [5.74, 6) is 0.697. The Morgan fingerprint density at radius 3 is 2.56 bits per heavy atom. The maximum absolute atomic E-state index is 12.4. The molecular formula is C15H28ClN3O3S3. The maximum atomic E-state index is 12.4. The van der Waals surface area contributed by atoms with E-state index in [1.807, 2.05) is 20.1 Å². The molecule has 0 saturated heterocycles. The number of carbonyl (C=O) groups excluding carboxylic acids is 1. The molecule has 25 heavy (non-hydrogen) atoms. The van der Waals surface area contributed by atoms with Gasteiger partial charge in [-0.15, -0.1) is 23.7 Å². The predicted molar refractivity (Wildman–Crippen MR) is 109 cm³/mol. The third kappa shape index (κ3) is 7.44. The Bertz CT molecular complexity index is 619. The van der Waals surface area contributed by atoms with Gasteiger partial charge in [0.25, 0.3) is 10.0 Å². The zero-order valence-electron chi connectivity index (χ0n) is 14.9. The van der Waals surface area contributed by atoms with Gasteiger partial charge in [-0.1, -0.05) is 13.8 Å². The van der Waals surface area contributed by atoms with Crippen molar-refractivity contribution >= 4 is 51.4 Å². The molecule has 0 spiro atoms. The zero-order valence-corrected chi connectivity index (χ0v) is 18.1. The van der Waals surface area contributed by atoms with Crippen LogP contribution in [0.4, 0.5) is 0 Å². The van der Waals surface area contributed by atoms with Crippen LogP contribution < -0.4 is 11.1 Å². The number of thiophene rings is 1. The minimum atomic E-state index is -3.40. The van der Waals surface area contributed by atoms with Gasteiger partial charge < -0.3 is 11.1 Å². The van der Waals surface area contributed by atoms with E-state index in [2.05, 4.69) is 5.32 Å². The van der Waals surface area contributed by atoms with Crippen LogP contribution in [-0.2, 0) is 21.2 Å². The first-order valence-corrected chi connectivity index (χ1v) is 11.6. The first kappa shape index (κ1) is 24.7. The highest BCUT2D eigenvalue weighted by atomic mass is 35.5. The lowest BCUT2D eigenvalue weighted by atomic mass is 10.2. The van der Waals surface area contributed by atoms with Crippen molar-refractivity contribution in [3.05, 3.63) is 17.0 Å². The summed E-state index contributed by atoms with van der Waals surface area (Å²) in [5, 5.41) is 2.81. The molecule has 1 rings (SSSR count). The van der Waals surface area contributed by atoms with Crippen LogP contribution in [0.3, 0.4) is 0 Å². The Morgan fingerprint density at radius 2 is 2.00 bits per heavy atom. The molecule has 0 unspecified atom stereocenters. The van der Waals surface area contributed by atoms with E-state index in [1.54, 1.807) is 23.9 Å². The van der Waals surface area contributed by atoms with E-state index in [1.165, 1.54) is 15.6 Å². The van der Waals surface area contributed by atoms with Crippen LogP contribution in [-0.4, -0.2) is 56.3 Å². The molecule has 1 atom stereocenters. The number of halogens is 1. The molecule has 0 aliphatic heterocycles. The summed E-state index contributed by atoms with van der Waals surface area (Å²) in [5.41, 5.74) is 5.80. The average Bonchev–Trinajstić information content (AvgIpc) is 3.03. The Balaban J connectivity index is 0.00000576. The largest absolute Gasteiger partial charge is 0.354 e. The molecule has 1 amide bonds. The fraction of sp³-hybridized carbons (Fsp3) is 0.667. The Kier molecular flexibility index (Phi) is 12.0. The Morgan fingerprint density at radius 1 is 1.36 bits per heavy atom. The van der Waals surface area contributed by atoms with Crippen LogP contribution in [0.25, 0.3) is 0 Å². The molecule has 10 heteroatoms. The molecule has 1 aromatic heterocycles. The number of thioether (sulfide) groups is 1. The highest BCUT2D eigenvalue weighted by Gasteiger charge is 2.23. The number of sulfonamides is 1. The molecule has 1 aromatic rings. The number of nitrogens with zero attached hydrogens (tertiary/aromatic N) is 1. The number of nitrogens with two attached hydrogens (primary N) is 1. The van der Waals surface area contributed by atoms with Crippen LogP contribution in [0.2, 0.25) is 0 Å². The van der Waals surface area contributed by atoms with Gasteiger partial charge in [-0.2, -0.15) is 16.1 Å². The molecule has 0 radical (unpaired) electrons. The summed E-state index contributed by atoms with van der Waals surface area (Å²) in [6.07, 6.45) is 3.23. The summed E-state index contributed by atoms with van der Waals surface area (Å²) in [6, 6.07) is 2.96. The van der Waals surface area contributed by atoms with E-state index in [-0.39, 0.29) is 18.3 Å². The molecule has 1 heterocycles. The van der Waals surface area contributed by atoms with E-state index in [0.717, 1.165) is 10.6 Å². The lowest BCUT2D eigenvalue weighted by Gasteiger charge is -2.16. The maximum Gasteiger partial charge on any atom is 0.252 e. The van der Waals surface area contributed by atoms with E-state index in [0.29, 0.717) is 36.7 Å². The monoisotopic (exact) mass is 429 g/mol. The molecule has 0 aliphatic rings. The van der Waals surface area contributed by atoms with E-state index in [9.17, 15) is 13.2 Å². The van der Waals surface area contributed by atoms with Crippen LogP contribution >= 0.6 is 35.5 Å². The summed E-state index contributed by atoms with van der Waals surface area (Å²) in [4.78, 5) is 12.8. The first-order chi connectivity index (χ1) is 11.4. The highest BCUT2D eigenvalue weighted by Crippen LogP contribution is 2.25. The zero-order chi connectivity index (χ0) is 18.2. The fourth-order valence-electron chi connectivity index (χ4n) is 2.14. The van der Waals surface area contributed by atoms with Crippen LogP contribution in [0.5, 0.6) is 0 Å². The van der Waals surface area contributed by atoms with Crippen molar-refractivity contribution < 1.29 is 13.2 Å². The third-order valence-electron chi connectivity index (χ3n) is 3.58. The molecule has 0 aromatic carbocycles. The van der Waals surface area contributed by atoms with Crippen LogP contribution in [0.15, 0.2) is 16.3 Å². The standard InChI is InChI=1S/C15H27N3O3S3.ClH/c1-4-18(5-2)24(20,21)14-7-6-12(23-14)8-10-17-15(19)13(16)9-11-22-3;/h6-7,13H,4-5,8-11,16H2,1-3H3,(H,17,19);1H/t13-;/m0./s1. The van der Waals surface area contributed by atoms with Crippen molar-refractivity contribution in [2.45, 2.75) is 36.9 Å². The number of hydrogen-bond donors (Lipinski definition) is 2. The van der Waals surface area contributed by atoms with Gasteiger partial charge in [0.1, 0.15) is 4.21 Å². The molecule has 0 fully saturated rings. The molecule has 0 aliphatic carbocycles. The van der Waals surface area contributed by atoms with Crippen molar-refractivity contribution in [3.8, 4) is 0 Å². The van der Waals surface area contributed by atoms with Gasteiger partial charge in [0.2, 0.25) is 5.91 Å². The summed E-state index contributed by atoms with van der Waals surface area (Å²) in [6.45, 7) is 5.01. The van der Waals surface area contributed by atoms with Crippen LogP contribution in [0, 0.1) is 0 Å². The summed E-state index contributed by atoms with van der Waals surface area (Å²) >= 11 is 2.92. The van der Waals surface area contributed by atoms with Gasteiger partial charge in [0.05, 0.1) is 6.04 Å². The van der Waals surface area contributed by atoms with Crippen molar-refractivity contribution in [1.82, 2.24) is 9.62 Å². The number of rotatable bonds is 11. The fourth-order valence-corrected chi connectivity index (χ4v) is 5.60.